The number of hydrogen-bond donors (Lipinski definition) is 1. The highest BCUT2D eigenvalue weighted by Gasteiger charge is 2.36. The van der Waals surface area contributed by atoms with E-state index in [0.717, 1.165) is 0 Å². The van der Waals surface area contributed by atoms with Crippen LogP contribution in [0.2, 0.25) is 5.02 Å². The van der Waals surface area contributed by atoms with Crippen molar-refractivity contribution in [3.8, 4) is 17.6 Å². The summed E-state index contributed by atoms with van der Waals surface area (Å²) >= 11 is 9.44. The second kappa shape index (κ2) is 10.6. The van der Waals surface area contributed by atoms with Crippen LogP contribution in [0.1, 0.15) is 30.9 Å². The molecule has 7 nitrogen and oxygen atoms in total. The van der Waals surface area contributed by atoms with E-state index in [2.05, 4.69) is 22.0 Å². The van der Waals surface area contributed by atoms with Gasteiger partial charge in [-0.15, -0.1) is 0 Å². The lowest BCUT2D eigenvalue weighted by Crippen LogP contribution is -2.25. The molecule has 0 unspecified atom stereocenters. The number of halogens is 2. The zero-order valence-corrected chi connectivity index (χ0v) is 20.6. The first-order valence-electron chi connectivity index (χ1n) is 10.0. The topological polar surface area (TPSA) is 104 Å². The normalized spacial score (nSPS) is 15.6. The van der Waals surface area contributed by atoms with Crippen LogP contribution in [0.5, 0.6) is 11.5 Å². The molecule has 0 saturated carbocycles. The van der Waals surface area contributed by atoms with E-state index in [1.807, 2.05) is 6.07 Å². The Bertz CT molecular complexity index is 1190. The van der Waals surface area contributed by atoms with Crippen LogP contribution in [-0.2, 0) is 20.9 Å². The molecule has 0 aliphatic carbocycles. The molecule has 1 heterocycles. The quantitative estimate of drug-likeness (QED) is 0.479. The van der Waals surface area contributed by atoms with Gasteiger partial charge >= 0.3 is 5.97 Å². The number of ether oxygens (including phenoxy) is 4. The molecular formula is C24H22BrClN2O5. The van der Waals surface area contributed by atoms with Crippen LogP contribution in [0.15, 0.2) is 63.7 Å². The number of allylic oxidation sites excluding steroid dienone is 2. The van der Waals surface area contributed by atoms with Crippen LogP contribution in [0.25, 0.3) is 0 Å². The summed E-state index contributed by atoms with van der Waals surface area (Å²) in [6.07, 6.45) is 0. The largest absolute Gasteiger partial charge is 0.496 e. The Hall–Kier alpha value is -3.15. The third-order valence-electron chi connectivity index (χ3n) is 5.02. The fourth-order valence-electron chi connectivity index (χ4n) is 3.53. The van der Waals surface area contributed by atoms with Crippen molar-refractivity contribution >= 4 is 33.5 Å². The zero-order chi connectivity index (χ0) is 24.1. The fraction of sp³-hybridized carbons (Fsp3) is 0.250. The van der Waals surface area contributed by atoms with Gasteiger partial charge in [-0.2, -0.15) is 5.26 Å². The van der Waals surface area contributed by atoms with Crippen LogP contribution in [0.4, 0.5) is 0 Å². The Balaban J connectivity index is 2.03. The summed E-state index contributed by atoms with van der Waals surface area (Å²) in [5.74, 6) is 0.0987. The highest BCUT2D eigenvalue weighted by molar-refractivity contribution is 9.10. The number of esters is 1. The third-order valence-corrected chi connectivity index (χ3v) is 5.87. The molecule has 0 bridgehead atoms. The Morgan fingerprint density at radius 1 is 1.27 bits per heavy atom. The van der Waals surface area contributed by atoms with E-state index in [-0.39, 0.29) is 36.0 Å². The molecule has 1 atom stereocenters. The zero-order valence-electron chi connectivity index (χ0n) is 18.3. The van der Waals surface area contributed by atoms with Gasteiger partial charge in [0.25, 0.3) is 0 Å². The Morgan fingerprint density at radius 2 is 2.00 bits per heavy atom. The first-order chi connectivity index (χ1) is 15.8. The van der Waals surface area contributed by atoms with Crippen LogP contribution >= 0.6 is 27.5 Å². The van der Waals surface area contributed by atoms with Crippen LogP contribution in [0.3, 0.4) is 0 Å². The molecule has 0 spiro atoms. The maximum atomic E-state index is 12.7. The Labute approximate surface area is 205 Å². The number of benzene rings is 2. The average molecular weight is 534 g/mol. The van der Waals surface area contributed by atoms with Crippen LogP contribution in [0, 0.1) is 11.3 Å². The van der Waals surface area contributed by atoms with Gasteiger partial charge in [0.15, 0.2) is 0 Å². The van der Waals surface area contributed by atoms with Crippen molar-refractivity contribution in [2.24, 2.45) is 5.73 Å². The number of carbonyl (C=O) groups excluding carboxylic acids is 1. The number of rotatable bonds is 7. The van der Waals surface area contributed by atoms with E-state index in [9.17, 15) is 10.1 Å². The minimum Gasteiger partial charge on any atom is -0.496 e. The lowest BCUT2D eigenvalue weighted by molar-refractivity contribution is -0.139. The van der Waals surface area contributed by atoms with E-state index in [4.69, 9.17) is 36.3 Å². The number of hydrogen-bond acceptors (Lipinski definition) is 7. The molecule has 0 aromatic heterocycles. The number of nitriles is 1. The molecule has 0 fully saturated rings. The van der Waals surface area contributed by atoms with Gasteiger partial charge in [-0.1, -0.05) is 17.7 Å². The first kappa shape index (κ1) is 24.5. The standard InChI is InChI=1S/C24H22BrClN2O5/c1-4-31-24(29)21-13(2)33-23(28)17(11-27)22(21)14-5-7-19(30-3)15(9-14)12-32-20-8-6-16(26)10-18(20)25/h5-10,22H,4,12,28H2,1-3H3/t22-/m0/s1. The molecule has 1 aliphatic heterocycles. The molecule has 0 amide bonds. The van der Waals surface area contributed by atoms with Crippen molar-refractivity contribution in [2.75, 3.05) is 13.7 Å². The highest BCUT2D eigenvalue weighted by Crippen LogP contribution is 2.41. The molecule has 2 aromatic carbocycles. The number of nitrogens with zero attached hydrogens (tertiary/aromatic N) is 1. The SMILES string of the molecule is CCOC(=O)C1=C(C)OC(N)=C(C#N)[C@@H]1c1ccc(OC)c(COc2ccc(Cl)cc2Br)c1. The predicted molar refractivity (Wildman–Crippen MR) is 126 cm³/mol. The van der Waals surface area contributed by atoms with Crippen molar-refractivity contribution in [2.45, 2.75) is 26.4 Å². The van der Waals surface area contributed by atoms with Crippen molar-refractivity contribution in [1.29, 1.82) is 5.26 Å². The predicted octanol–water partition coefficient (Wildman–Crippen LogP) is 5.33. The lowest BCUT2D eigenvalue weighted by atomic mass is 9.82. The summed E-state index contributed by atoms with van der Waals surface area (Å²) in [4.78, 5) is 12.7. The molecule has 0 saturated heterocycles. The second-order valence-corrected chi connectivity index (χ2v) is 8.34. The van der Waals surface area contributed by atoms with Crippen molar-refractivity contribution < 1.29 is 23.7 Å². The molecule has 1 aliphatic rings. The van der Waals surface area contributed by atoms with Gasteiger partial charge in [0.1, 0.15) is 35.5 Å². The van der Waals surface area contributed by atoms with E-state index in [0.29, 0.717) is 32.1 Å². The van der Waals surface area contributed by atoms with Gasteiger partial charge < -0.3 is 24.7 Å². The molecule has 2 aromatic rings. The molecule has 9 heteroatoms. The van der Waals surface area contributed by atoms with E-state index >= 15 is 0 Å². The van der Waals surface area contributed by atoms with E-state index < -0.39 is 11.9 Å². The second-order valence-electron chi connectivity index (χ2n) is 7.05. The van der Waals surface area contributed by atoms with Crippen molar-refractivity contribution in [3.05, 3.63) is 79.8 Å². The smallest absolute Gasteiger partial charge is 0.338 e. The minimum absolute atomic E-state index is 0.0493. The summed E-state index contributed by atoms with van der Waals surface area (Å²) in [5, 5.41) is 10.4. The molecular weight excluding hydrogens is 512 g/mol. The minimum atomic E-state index is -0.755. The maximum Gasteiger partial charge on any atom is 0.338 e. The fourth-order valence-corrected chi connectivity index (χ4v) is 4.32. The van der Waals surface area contributed by atoms with Gasteiger partial charge in [0, 0.05) is 10.6 Å². The van der Waals surface area contributed by atoms with Gasteiger partial charge in [-0.05, 0) is 65.7 Å². The highest BCUT2D eigenvalue weighted by atomic mass is 79.9. The van der Waals surface area contributed by atoms with E-state index in [1.165, 1.54) is 0 Å². The van der Waals surface area contributed by atoms with Crippen LogP contribution in [-0.4, -0.2) is 19.7 Å². The van der Waals surface area contributed by atoms with Gasteiger partial charge in [-0.25, -0.2) is 4.79 Å². The monoisotopic (exact) mass is 532 g/mol. The molecule has 33 heavy (non-hydrogen) atoms. The third kappa shape index (κ3) is 5.27. The summed E-state index contributed by atoms with van der Waals surface area (Å²) in [5.41, 5.74) is 7.69. The summed E-state index contributed by atoms with van der Waals surface area (Å²) in [6, 6.07) is 12.6. The molecule has 2 N–H and O–H groups in total. The number of nitrogens with two attached hydrogens (primary N) is 1. The van der Waals surface area contributed by atoms with Gasteiger partial charge in [0.2, 0.25) is 5.88 Å². The number of methoxy groups -OCH3 is 1. The maximum absolute atomic E-state index is 12.7. The molecule has 0 radical (unpaired) electrons. The Kier molecular flexibility index (Phi) is 7.90. The lowest BCUT2D eigenvalue weighted by Gasteiger charge is -2.27. The van der Waals surface area contributed by atoms with Gasteiger partial charge in [0.05, 0.1) is 29.7 Å². The van der Waals surface area contributed by atoms with Gasteiger partial charge in [-0.3, -0.25) is 0 Å². The molecule has 3 rings (SSSR count). The first-order valence-corrected chi connectivity index (χ1v) is 11.2. The van der Waals surface area contributed by atoms with E-state index in [1.54, 1.807) is 51.3 Å². The average Bonchev–Trinajstić information content (AvgIpc) is 2.78. The summed E-state index contributed by atoms with van der Waals surface area (Å²) in [7, 11) is 1.55. The number of carbonyl (C=O) groups is 1. The van der Waals surface area contributed by atoms with Crippen molar-refractivity contribution in [1.82, 2.24) is 0 Å². The molecule has 172 valence electrons. The summed E-state index contributed by atoms with van der Waals surface area (Å²) in [6.45, 7) is 3.67. The Morgan fingerprint density at radius 3 is 2.64 bits per heavy atom. The summed E-state index contributed by atoms with van der Waals surface area (Å²) < 4.78 is 22.8. The van der Waals surface area contributed by atoms with Crippen molar-refractivity contribution in [3.63, 3.8) is 0 Å². The van der Waals surface area contributed by atoms with Crippen LogP contribution < -0.4 is 15.2 Å².